The van der Waals surface area contributed by atoms with E-state index < -0.39 is 0 Å². The summed E-state index contributed by atoms with van der Waals surface area (Å²) in [5.41, 5.74) is 0.498. The molecule has 2 atom stereocenters. The number of hydrogen-bond donors (Lipinski definition) is 0. The van der Waals surface area contributed by atoms with Crippen molar-refractivity contribution in [3.63, 3.8) is 0 Å². The maximum atomic E-state index is 2.47. The zero-order chi connectivity index (χ0) is 12.1. The smallest absolute Gasteiger partial charge is 0.0298 e. The van der Waals surface area contributed by atoms with Gasteiger partial charge in [0.25, 0.3) is 0 Å². The van der Waals surface area contributed by atoms with Crippen molar-refractivity contribution in [3.05, 3.63) is 0 Å². The first-order valence-electron chi connectivity index (χ1n) is 6.87. The number of rotatable bonds is 7. The number of unbranched alkanes of at least 4 members (excludes halogenated alkanes) is 1. The van der Waals surface area contributed by atoms with Crippen LogP contribution >= 0.6 is 0 Å². The summed E-state index contributed by atoms with van der Waals surface area (Å²) in [6.07, 6.45) is 5.44. The van der Waals surface area contributed by atoms with Gasteiger partial charge in [-0.1, -0.05) is 67.7 Å². The molecule has 0 bridgehead atoms. The molecule has 0 spiro atoms. The van der Waals surface area contributed by atoms with Crippen LogP contribution < -0.4 is 0 Å². The van der Waals surface area contributed by atoms with Gasteiger partial charge in [0.15, 0.2) is 0 Å². The molecule has 0 saturated carbocycles. The first-order valence-corrected chi connectivity index (χ1v) is 6.87. The highest BCUT2D eigenvalue weighted by atomic mass is 14.4. The Morgan fingerprint density at radius 1 is 1.00 bits per heavy atom. The van der Waals surface area contributed by atoms with Gasteiger partial charge in [-0.25, -0.2) is 0 Å². The van der Waals surface area contributed by atoms with Crippen molar-refractivity contribution in [3.8, 4) is 0 Å². The van der Waals surface area contributed by atoms with Crippen LogP contribution in [0.5, 0.6) is 0 Å². The maximum Gasteiger partial charge on any atom is -0.0298 e. The zero-order valence-electron chi connectivity index (χ0n) is 12.1. The van der Waals surface area contributed by atoms with Gasteiger partial charge >= 0.3 is 0 Å². The summed E-state index contributed by atoms with van der Waals surface area (Å²) >= 11 is 0. The van der Waals surface area contributed by atoms with Gasteiger partial charge in [0, 0.05) is 0 Å². The fourth-order valence-corrected chi connectivity index (χ4v) is 2.88. The van der Waals surface area contributed by atoms with Gasteiger partial charge in [-0.3, -0.25) is 0 Å². The molecule has 0 aromatic rings. The molecule has 0 aliphatic carbocycles. The molecular weight excluding hydrogens is 180 g/mol. The molecular formula is C15H32. The molecule has 0 nitrogen and oxygen atoms in total. The second-order valence-corrected chi connectivity index (χ2v) is 6.12. The summed E-state index contributed by atoms with van der Waals surface area (Å²) in [7, 11) is 0. The minimum atomic E-state index is 0.498. The van der Waals surface area contributed by atoms with E-state index >= 15 is 0 Å². The molecule has 0 heterocycles. The van der Waals surface area contributed by atoms with Crippen molar-refractivity contribution in [1.82, 2.24) is 0 Å². The van der Waals surface area contributed by atoms with Crippen LogP contribution in [0.1, 0.15) is 74.1 Å². The van der Waals surface area contributed by atoms with Gasteiger partial charge in [-0.15, -0.1) is 0 Å². The van der Waals surface area contributed by atoms with E-state index in [2.05, 4.69) is 48.5 Å². The standard InChI is InChI=1S/C15H32/c1-8-10-11-14(12(3)4)15(6,7)13(5)9-2/h12-14H,8-11H2,1-7H3. The van der Waals surface area contributed by atoms with Crippen LogP contribution in [0, 0.1) is 23.2 Å². The quantitative estimate of drug-likeness (QED) is 0.521. The molecule has 0 rings (SSSR count). The average molecular weight is 212 g/mol. The van der Waals surface area contributed by atoms with E-state index in [4.69, 9.17) is 0 Å². The average Bonchev–Trinajstić information content (AvgIpc) is 2.16. The van der Waals surface area contributed by atoms with Crippen LogP contribution in [0.4, 0.5) is 0 Å². The van der Waals surface area contributed by atoms with Gasteiger partial charge in [0.05, 0.1) is 0 Å². The Morgan fingerprint density at radius 2 is 1.53 bits per heavy atom. The lowest BCUT2D eigenvalue weighted by molar-refractivity contribution is 0.0762. The highest BCUT2D eigenvalue weighted by molar-refractivity contribution is 4.84. The van der Waals surface area contributed by atoms with E-state index in [1.807, 2.05) is 0 Å². The topological polar surface area (TPSA) is 0 Å². The summed E-state index contributed by atoms with van der Waals surface area (Å²) in [5, 5.41) is 0. The van der Waals surface area contributed by atoms with E-state index in [9.17, 15) is 0 Å². The van der Waals surface area contributed by atoms with Crippen molar-refractivity contribution < 1.29 is 0 Å². The van der Waals surface area contributed by atoms with E-state index in [1.54, 1.807) is 0 Å². The predicted molar refractivity (Wildman–Crippen MR) is 71.1 cm³/mol. The van der Waals surface area contributed by atoms with Crippen molar-refractivity contribution in [1.29, 1.82) is 0 Å². The third kappa shape index (κ3) is 4.17. The molecule has 0 heteroatoms. The molecule has 0 N–H and O–H groups in total. The molecule has 0 radical (unpaired) electrons. The highest BCUT2D eigenvalue weighted by Crippen LogP contribution is 2.43. The van der Waals surface area contributed by atoms with Crippen LogP contribution in [0.15, 0.2) is 0 Å². The molecule has 92 valence electrons. The lowest BCUT2D eigenvalue weighted by Gasteiger charge is -2.42. The van der Waals surface area contributed by atoms with Crippen LogP contribution in [0.25, 0.3) is 0 Å². The Bertz CT molecular complexity index is 155. The Kier molecular flexibility index (Phi) is 6.55. The molecule has 0 aromatic heterocycles. The Hall–Kier alpha value is 0. The SMILES string of the molecule is CCCCC(C(C)C)C(C)(C)C(C)CC. The fraction of sp³-hybridized carbons (Fsp3) is 1.00. The van der Waals surface area contributed by atoms with E-state index in [0.717, 1.165) is 17.8 Å². The first-order chi connectivity index (χ1) is 6.87. The molecule has 0 fully saturated rings. The molecule has 0 aromatic carbocycles. The Labute approximate surface area is 97.8 Å². The largest absolute Gasteiger partial charge is 0.0654 e. The van der Waals surface area contributed by atoms with Crippen LogP contribution in [0.3, 0.4) is 0 Å². The normalized spacial score (nSPS) is 16.8. The maximum absolute atomic E-state index is 2.47. The predicted octanol–water partition coefficient (Wildman–Crippen LogP) is 5.52. The van der Waals surface area contributed by atoms with Crippen molar-refractivity contribution in [2.45, 2.75) is 74.1 Å². The van der Waals surface area contributed by atoms with Crippen molar-refractivity contribution in [2.75, 3.05) is 0 Å². The lowest BCUT2D eigenvalue weighted by atomic mass is 9.63. The van der Waals surface area contributed by atoms with Gasteiger partial charge < -0.3 is 0 Å². The molecule has 0 amide bonds. The minimum absolute atomic E-state index is 0.498. The zero-order valence-corrected chi connectivity index (χ0v) is 12.1. The fourth-order valence-electron chi connectivity index (χ4n) is 2.88. The van der Waals surface area contributed by atoms with Gasteiger partial charge in [-0.05, 0) is 29.6 Å². The van der Waals surface area contributed by atoms with Crippen molar-refractivity contribution in [2.24, 2.45) is 23.2 Å². The molecule has 0 aliphatic heterocycles. The lowest BCUT2D eigenvalue weighted by Crippen LogP contribution is -2.34. The molecule has 0 saturated heterocycles. The molecule has 2 unspecified atom stereocenters. The van der Waals surface area contributed by atoms with Gasteiger partial charge in [0.1, 0.15) is 0 Å². The first kappa shape index (κ1) is 15.0. The van der Waals surface area contributed by atoms with Crippen molar-refractivity contribution >= 4 is 0 Å². The van der Waals surface area contributed by atoms with Crippen LogP contribution in [-0.4, -0.2) is 0 Å². The third-order valence-corrected chi connectivity index (χ3v) is 4.51. The third-order valence-electron chi connectivity index (χ3n) is 4.51. The van der Waals surface area contributed by atoms with E-state index in [1.165, 1.54) is 25.7 Å². The second kappa shape index (κ2) is 6.55. The summed E-state index contributed by atoms with van der Waals surface area (Å²) in [6, 6.07) is 0. The molecule has 0 aliphatic rings. The number of hydrogen-bond acceptors (Lipinski definition) is 0. The second-order valence-electron chi connectivity index (χ2n) is 6.12. The van der Waals surface area contributed by atoms with Gasteiger partial charge in [0.2, 0.25) is 0 Å². The van der Waals surface area contributed by atoms with Crippen LogP contribution in [-0.2, 0) is 0 Å². The summed E-state index contributed by atoms with van der Waals surface area (Å²) < 4.78 is 0. The summed E-state index contributed by atoms with van der Waals surface area (Å²) in [6.45, 7) is 16.8. The van der Waals surface area contributed by atoms with Crippen LogP contribution in [0.2, 0.25) is 0 Å². The molecule has 15 heavy (non-hydrogen) atoms. The van der Waals surface area contributed by atoms with E-state index in [0.29, 0.717) is 5.41 Å². The highest BCUT2D eigenvalue weighted by Gasteiger charge is 2.34. The Morgan fingerprint density at radius 3 is 1.87 bits per heavy atom. The summed E-state index contributed by atoms with van der Waals surface area (Å²) in [5.74, 6) is 2.54. The minimum Gasteiger partial charge on any atom is -0.0654 e. The van der Waals surface area contributed by atoms with E-state index in [-0.39, 0.29) is 0 Å². The monoisotopic (exact) mass is 212 g/mol. The Balaban J connectivity index is 4.57. The summed E-state index contributed by atoms with van der Waals surface area (Å²) in [4.78, 5) is 0. The van der Waals surface area contributed by atoms with Gasteiger partial charge in [-0.2, -0.15) is 0 Å².